The van der Waals surface area contributed by atoms with E-state index in [2.05, 4.69) is 26.1 Å². The molecule has 6 nitrogen and oxygen atoms in total. The Morgan fingerprint density at radius 2 is 1.75 bits per heavy atom. The van der Waals surface area contributed by atoms with E-state index in [9.17, 15) is 9.59 Å². The quantitative estimate of drug-likeness (QED) is 0.922. The molecule has 1 fully saturated rings. The molecule has 1 aliphatic heterocycles. The minimum Gasteiger partial charge on any atom is -0.497 e. The molecule has 0 saturated carbocycles. The van der Waals surface area contributed by atoms with Gasteiger partial charge in [0.1, 0.15) is 5.75 Å². The molecule has 132 valence electrons. The number of nitrogens with zero attached hydrogens (tertiary/aromatic N) is 2. The highest BCUT2D eigenvalue weighted by molar-refractivity contribution is 5.94. The Hall–Kier alpha value is -2.24. The fourth-order valence-electron chi connectivity index (χ4n) is 2.50. The molecular weight excluding hydrogens is 306 g/mol. The monoisotopic (exact) mass is 333 g/mol. The predicted molar refractivity (Wildman–Crippen MR) is 93.3 cm³/mol. The third-order valence-corrected chi connectivity index (χ3v) is 3.94. The normalized spacial score (nSPS) is 15.2. The maximum absolute atomic E-state index is 12.6. The van der Waals surface area contributed by atoms with Gasteiger partial charge in [0.15, 0.2) is 0 Å². The van der Waals surface area contributed by atoms with Gasteiger partial charge in [-0.15, -0.1) is 0 Å². The van der Waals surface area contributed by atoms with Crippen LogP contribution in [0.3, 0.4) is 0 Å². The minimum atomic E-state index is -0.0570. The van der Waals surface area contributed by atoms with Crippen molar-refractivity contribution in [2.24, 2.45) is 5.41 Å². The molecule has 24 heavy (non-hydrogen) atoms. The number of hydrogen-bond acceptors (Lipinski definition) is 3. The van der Waals surface area contributed by atoms with Gasteiger partial charge in [0.25, 0.3) is 5.91 Å². The first-order valence-electron chi connectivity index (χ1n) is 8.26. The zero-order valence-corrected chi connectivity index (χ0v) is 15.0. The lowest BCUT2D eigenvalue weighted by atomic mass is 9.97. The molecule has 6 heteroatoms. The molecule has 0 unspecified atom stereocenters. The molecule has 1 aliphatic rings. The van der Waals surface area contributed by atoms with Gasteiger partial charge >= 0.3 is 6.03 Å². The summed E-state index contributed by atoms with van der Waals surface area (Å²) in [5.41, 5.74) is 0.666. The van der Waals surface area contributed by atoms with Gasteiger partial charge in [-0.3, -0.25) is 4.79 Å². The zero-order valence-electron chi connectivity index (χ0n) is 15.0. The molecule has 0 aromatic heterocycles. The van der Waals surface area contributed by atoms with Gasteiger partial charge in [0, 0.05) is 38.3 Å². The van der Waals surface area contributed by atoms with Crippen LogP contribution in [0, 0.1) is 5.41 Å². The van der Waals surface area contributed by atoms with E-state index in [1.54, 1.807) is 29.0 Å². The predicted octanol–water partition coefficient (Wildman–Crippen LogP) is 2.21. The van der Waals surface area contributed by atoms with Crippen LogP contribution in [0.5, 0.6) is 5.75 Å². The number of urea groups is 1. The fraction of sp³-hybridized carbons (Fsp3) is 0.556. The number of ether oxygens (including phenoxy) is 1. The summed E-state index contributed by atoms with van der Waals surface area (Å²) in [4.78, 5) is 28.3. The van der Waals surface area contributed by atoms with E-state index in [4.69, 9.17) is 4.74 Å². The first kappa shape index (κ1) is 18.1. The molecule has 0 spiro atoms. The van der Waals surface area contributed by atoms with E-state index in [-0.39, 0.29) is 17.4 Å². The Morgan fingerprint density at radius 3 is 2.33 bits per heavy atom. The van der Waals surface area contributed by atoms with Crippen LogP contribution in [0.15, 0.2) is 24.3 Å². The largest absolute Gasteiger partial charge is 0.497 e. The molecule has 3 amide bonds. The van der Waals surface area contributed by atoms with Crippen LogP contribution < -0.4 is 10.1 Å². The number of methoxy groups -OCH3 is 1. The van der Waals surface area contributed by atoms with E-state index in [0.29, 0.717) is 44.0 Å². The van der Waals surface area contributed by atoms with Crippen LogP contribution in [-0.2, 0) is 0 Å². The zero-order chi connectivity index (χ0) is 17.7. The van der Waals surface area contributed by atoms with Gasteiger partial charge < -0.3 is 19.9 Å². The van der Waals surface area contributed by atoms with Gasteiger partial charge in [-0.05, 0) is 23.6 Å². The molecule has 2 rings (SSSR count). The van der Waals surface area contributed by atoms with Crippen molar-refractivity contribution in [3.63, 3.8) is 0 Å². The Labute approximate surface area is 143 Å². The Morgan fingerprint density at radius 1 is 1.12 bits per heavy atom. The van der Waals surface area contributed by atoms with Crippen molar-refractivity contribution >= 4 is 11.9 Å². The summed E-state index contributed by atoms with van der Waals surface area (Å²) in [6.07, 6.45) is 0. The van der Waals surface area contributed by atoms with E-state index in [1.807, 2.05) is 12.1 Å². The van der Waals surface area contributed by atoms with Crippen LogP contribution in [0.2, 0.25) is 0 Å². The van der Waals surface area contributed by atoms with Gasteiger partial charge in [0.2, 0.25) is 0 Å². The molecule has 1 heterocycles. The number of rotatable bonds is 3. The SMILES string of the molecule is COc1cccc(C(=O)N2CCN(C(=O)NCC(C)(C)C)CC2)c1. The summed E-state index contributed by atoms with van der Waals surface area (Å²) >= 11 is 0. The highest BCUT2D eigenvalue weighted by Crippen LogP contribution is 2.16. The lowest BCUT2D eigenvalue weighted by Crippen LogP contribution is -2.53. The van der Waals surface area contributed by atoms with Crippen molar-refractivity contribution < 1.29 is 14.3 Å². The number of amides is 3. The third-order valence-electron chi connectivity index (χ3n) is 3.94. The molecule has 1 aromatic carbocycles. The van der Waals surface area contributed by atoms with Crippen LogP contribution in [0.25, 0.3) is 0 Å². The number of carbonyl (C=O) groups is 2. The van der Waals surface area contributed by atoms with E-state index in [0.717, 1.165) is 0 Å². The highest BCUT2D eigenvalue weighted by Gasteiger charge is 2.25. The number of hydrogen-bond donors (Lipinski definition) is 1. The highest BCUT2D eigenvalue weighted by atomic mass is 16.5. The minimum absolute atomic E-state index is 0.0244. The van der Waals surface area contributed by atoms with E-state index < -0.39 is 0 Å². The average molecular weight is 333 g/mol. The van der Waals surface area contributed by atoms with Gasteiger partial charge in [-0.25, -0.2) is 4.79 Å². The number of piperazine rings is 1. The molecule has 0 radical (unpaired) electrons. The molecule has 1 N–H and O–H groups in total. The van der Waals surface area contributed by atoms with Crippen LogP contribution in [0.1, 0.15) is 31.1 Å². The number of benzene rings is 1. The maximum Gasteiger partial charge on any atom is 0.317 e. The molecule has 0 bridgehead atoms. The van der Waals surface area contributed by atoms with Gasteiger partial charge in [-0.2, -0.15) is 0 Å². The van der Waals surface area contributed by atoms with Gasteiger partial charge in [-0.1, -0.05) is 26.8 Å². The first-order valence-corrected chi connectivity index (χ1v) is 8.26. The molecule has 1 saturated heterocycles. The van der Waals surface area contributed by atoms with Crippen LogP contribution in [0.4, 0.5) is 4.79 Å². The summed E-state index contributed by atoms with van der Waals surface area (Å²) in [5.74, 6) is 0.643. The number of nitrogens with one attached hydrogen (secondary N) is 1. The second-order valence-electron chi connectivity index (χ2n) is 7.23. The average Bonchev–Trinajstić information content (AvgIpc) is 2.58. The van der Waals surface area contributed by atoms with Crippen LogP contribution in [-0.4, -0.2) is 61.6 Å². The smallest absolute Gasteiger partial charge is 0.317 e. The summed E-state index contributed by atoms with van der Waals surface area (Å²) in [6, 6.07) is 7.09. The summed E-state index contributed by atoms with van der Waals surface area (Å²) in [5, 5.41) is 2.95. The lowest BCUT2D eigenvalue weighted by Gasteiger charge is -2.35. The van der Waals surface area contributed by atoms with Crippen LogP contribution >= 0.6 is 0 Å². The second-order valence-corrected chi connectivity index (χ2v) is 7.23. The fourth-order valence-corrected chi connectivity index (χ4v) is 2.50. The summed E-state index contributed by atoms with van der Waals surface area (Å²) in [7, 11) is 1.58. The van der Waals surface area contributed by atoms with Crippen molar-refractivity contribution in [1.82, 2.24) is 15.1 Å². The van der Waals surface area contributed by atoms with Crippen molar-refractivity contribution in [2.75, 3.05) is 39.8 Å². The second kappa shape index (κ2) is 7.55. The van der Waals surface area contributed by atoms with E-state index in [1.165, 1.54) is 0 Å². The number of carbonyl (C=O) groups excluding carboxylic acids is 2. The van der Waals surface area contributed by atoms with Crippen molar-refractivity contribution in [3.05, 3.63) is 29.8 Å². The maximum atomic E-state index is 12.6. The topological polar surface area (TPSA) is 61.9 Å². The van der Waals surface area contributed by atoms with Crippen molar-refractivity contribution in [3.8, 4) is 5.75 Å². The molecule has 0 aliphatic carbocycles. The first-order chi connectivity index (χ1) is 11.3. The van der Waals surface area contributed by atoms with Crippen molar-refractivity contribution in [2.45, 2.75) is 20.8 Å². The summed E-state index contributed by atoms with van der Waals surface area (Å²) in [6.45, 7) is 9.05. The Balaban J connectivity index is 1.87. The Kier molecular flexibility index (Phi) is 5.70. The molecule has 0 atom stereocenters. The molecule has 1 aromatic rings. The van der Waals surface area contributed by atoms with Gasteiger partial charge in [0.05, 0.1) is 7.11 Å². The van der Waals surface area contributed by atoms with E-state index >= 15 is 0 Å². The Bertz CT molecular complexity index is 587. The standard InChI is InChI=1S/C18H27N3O3/c1-18(2,3)13-19-17(23)21-10-8-20(9-11-21)16(22)14-6-5-7-15(12-14)24-4/h5-7,12H,8-11,13H2,1-4H3,(H,19,23). The molecular formula is C18H27N3O3. The lowest BCUT2D eigenvalue weighted by molar-refractivity contribution is 0.0663. The summed E-state index contributed by atoms with van der Waals surface area (Å²) < 4.78 is 5.16. The van der Waals surface area contributed by atoms with Crippen molar-refractivity contribution in [1.29, 1.82) is 0 Å². The third kappa shape index (κ3) is 4.88.